The average molecular weight is 502 g/mol. The molecule has 3 heterocycles. The van der Waals surface area contributed by atoms with Crippen LogP contribution in [0.25, 0.3) is 10.2 Å². The number of carbonyl (C=O) groups excluding carboxylic acids is 1. The van der Waals surface area contributed by atoms with Crippen molar-refractivity contribution in [2.45, 2.75) is 31.9 Å². The Hall–Kier alpha value is -3.87. The molecule has 5 rings (SSSR count). The van der Waals surface area contributed by atoms with Crippen molar-refractivity contribution in [1.82, 2.24) is 14.9 Å². The molecule has 0 aliphatic carbocycles. The molecule has 1 aliphatic rings. The van der Waals surface area contributed by atoms with E-state index in [1.54, 1.807) is 35.6 Å². The van der Waals surface area contributed by atoms with Gasteiger partial charge in [-0.15, -0.1) is 11.3 Å². The lowest BCUT2D eigenvalue weighted by atomic mass is 9.93. The quantitative estimate of drug-likeness (QED) is 0.391. The highest BCUT2D eigenvalue weighted by molar-refractivity contribution is 7.18. The molecule has 36 heavy (non-hydrogen) atoms. The summed E-state index contributed by atoms with van der Waals surface area (Å²) >= 11 is 1.60. The number of hydrogen-bond donors (Lipinski definition) is 1. The van der Waals surface area contributed by atoms with Gasteiger partial charge in [-0.25, -0.2) is 14.4 Å². The number of primary amides is 1. The lowest BCUT2D eigenvalue weighted by molar-refractivity contribution is 0.100. The SMILES string of the molecule is N#Cc1ccc(COc2cccc(C3CCN(Cc4nc5ccc(C(N)=O)cc5s4)CC3)n2)c(F)c1. The van der Waals surface area contributed by atoms with E-state index in [1.807, 2.05) is 30.3 Å². The summed E-state index contributed by atoms with van der Waals surface area (Å²) < 4.78 is 20.9. The van der Waals surface area contributed by atoms with Crippen LogP contribution in [0.5, 0.6) is 5.88 Å². The van der Waals surface area contributed by atoms with Crippen LogP contribution in [0.1, 0.15) is 50.9 Å². The standard InChI is InChI=1S/C27H24FN5O2S/c28-21-12-17(14-29)4-5-20(21)16-35-25-3-1-2-22(31-25)18-8-10-33(11-9-18)15-26-32-23-7-6-19(27(30)34)13-24(23)36-26/h1-7,12-13,18H,8-11,15-16H2,(H2,30,34). The molecule has 1 aliphatic heterocycles. The van der Waals surface area contributed by atoms with E-state index in [0.29, 0.717) is 22.9 Å². The van der Waals surface area contributed by atoms with Crippen LogP contribution in [0, 0.1) is 17.1 Å². The number of nitrogens with two attached hydrogens (primary N) is 1. The molecular weight excluding hydrogens is 477 g/mol. The van der Waals surface area contributed by atoms with Gasteiger partial charge in [-0.2, -0.15) is 5.26 Å². The fourth-order valence-electron chi connectivity index (χ4n) is 4.40. The van der Waals surface area contributed by atoms with Gasteiger partial charge in [-0.1, -0.05) is 12.1 Å². The lowest BCUT2D eigenvalue weighted by Gasteiger charge is -2.31. The minimum atomic E-state index is -0.459. The molecule has 1 fully saturated rings. The highest BCUT2D eigenvalue weighted by atomic mass is 32.1. The summed E-state index contributed by atoms with van der Waals surface area (Å²) in [5, 5.41) is 9.91. The number of hydrogen-bond acceptors (Lipinski definition) is 7. The second kappa shape index (κ2) is 10.4. The zero-order valence-corrected chi connectivity index (χ0v) is 20.3. The van der Waals surface area contributed by atoms with E-state index in [1.165, 1.54) is 6.07 Å². The summed E-state index contributed by atoms with van der Waals surface area (Å²) in [4.78, 5) is 23.2. The fourth-order valence-corrected chi connectivity index (χ4v) is 5.44. The van der Waals surface area contributed by atoms with Gasteiger partial charge < -0.3 is 10.5 Å². The van der Waals surface area contributed by atoms with E-state index in [4.69, 9.17) is 20.7 Å². The molecule has 2 N–H and O–H groups in total. The third-order valence-electron chi connectivity index (χ3n) is 6.38. The van der Waals surface area contributed by atoms with Crippen molar-refractivity contribution in [3.63, 3.8) is 0 Å². The maximum Gasteiger partial charge on any atom is 0.248 e. The third kappa shape index (κ3) is 5.35. The van der Waals surface area contributed by atoms with Gasteiger partial charge in [0.25, 0.3) is 0 Å². The molecule has 2 aromatic carbocycles. The molecule has 182 valence electrons. The maximum absolute atomic E-state index is 14.1. The van der Waals surface area contributed by atoms with Crippen molar-refractivity contribution < 1.29 is 13.9 Å². The van der Waals surface area contributed by atoms with Crippen LogP contribution in [0.4, 0.5) is 4.39 Å². The fraction of sp³-hybridized carbons (Fsp3) is 0.259. The first kappa shape index (κ1) is 23.9. The van der Waals surface area contributed by atoms with Crippen molar-refractivity contribution in [2.75, 3.05) is 13.1 Å². The lowest BCUT2D eigenvalue weighted by Crippen LogP contribution is -2.32. The number of ether oxygens (including phenoxy) is 1. The van der Waals surface area contributed by atoms with Crippen molar-refractivity contribution in [1.29, 1.82) is 5.26 Å². The average Bonchev–Trinajstić information content (AvgIpc) is 3.30. The largest absolute Gasteiger partial charge is 0.473 e. The Morgan fingerprint density at radius 2 is 2.00 bits per heavy atom. The van der Waals surface area contributed by atoms with Crippen LogP contribution >= 0.6 is 11.3 Å². The molecule has 0 unspecified atom stereocenters. The molecular formula is C27H24FN5O2S. The van der Waals surface area contributed by atoms with Crippen LogP contribution in [0.15, 0.2) is 54.6 Å². The first-order chi connectivity index (χ1) is 17.5. The predicted molar refractivity (Wildman–Crippen MR) is 135 cm³/mol. The highest BCUT2D eigenvalue weighted by Crippen LogP contribution is 2.30. The first-order valence-corrected chi connectivity index (χ1v) is 12.5. The van der Waals surface area contributed by atoms with E-state index in [-0.39, 0.29) is 12.2 Å². The Morgan fingerprint density at radius 3 is 2.75 bits per heavy atom. The van der Waals surface area contributed by atoms with Crippen molar-refractivity contribution in [2.24, 2.45) is 5.73 Å². The maximum atomic E-state index is 14.1. The van der Waals surface area contributed by atoms with Crippen LogP contribution < -0.4 is 10.5 Å². The van der Waals surface area contributed by atoms with Crippen molar-refractivity contribution in [3.05, 3.63) is 87.8 Å². The van der Waals surface area contributed by atoms with Crippen LogP contribution in [-0.4, -0.2) is 33.9 Å². The van der Waals surface area contributed by atoms with E-state index in [0.717, 1.165) is 53.4 Å². The summed E-state index contributed by atoms with van der Waals surface area (Å²) in [6, 6.07) is 17.3. The van der Waals surface area contributed by atoms with E-state index in [2.05, 4.69) is 9.88 Å². The Morgan fingerprint density at radius 1 is 1.17 bits per heavy atom. The molecule has 0 spiro atoms. The molecule has 1 saturated heterocycles. The number of aromatic nitrogens is 2. The van der Waals surface area contributed by atoms with Crippen LogP contribution in [0.2, 0.25) is 0 Å². The molecule has 0 bridgehead atoms. The predicted octanol–water partition coefficient (Wildman–Crippen LogP) is 4.76. The number of piperidine rings is 1. The molecule has 2 aromatic heterocycles. The normalized spacial score (nSPS) is 14.6. The van der Waals surface area contributed by atoms with E-state index < -0.39 is 11.7 Å². The number of carbonyl (C=O) groups is 1. The number of benzene rings is 2. The Bertz CT molecular complexity index is 1460. The first-order valence-electron chi connectivity index (χ1n) is 11.7. The van der Waals surface area contributed by atoms with Gasteiger partial charge in [0.05, 0.1) is 28.4 Å². The summed E-state index contributed by atoms with van der Waals surface area (Å²) in [6.45, 7) is 2.67. The number of likely N-dealkylation sites (tertiary alicyclic amines) is 1. The molecule has 0 radical (unpaired) electrons. The van der Waals surface area contributed by atoms with Gasteiger partial charge >= 0.3 is 0 Å². The Kier molecular flexibility index (Phi) is 6.89. The summed E-state index contributed by atoms with van der Waals surface area (Å²) in [7, 11) is 0. The Labute approximate surface area is 212 Å². The van der Waals surface area contributed by atoms with Gasteiger partial charge in [0, 0.05) is 28.8 Å². The van der Waals surface area contributed by atoms with Crippen LogP contribution in [0.3, 0.4) is 0 Å². The topological polar surface area (TPSA) is 105 Å². The Balaban J connectivity index is 1.17. The molecule has 0 atom stereocenters. The number of nitriles is 1. The van der Waals surface area contributed by atoms with Gasteiger partial charge in [-0.3, -0.25) is 9.69 Å². The molecule has 0 saturated carbocycles. The minimum Gasteiger partial charge on any atom is -0.473 e. The zero-order chi connectivity index (χ0) is 25.1. The number of rotatable bonds is 7. The second-order valence-electron chi connectivity index (χ2n) is 8.81. The van der Waals surface area contributed by atoms with Gasteiger partial charge in [0.1, 0.15) is 17.4 Å². The third-order valence-corrected chi connectivity index (χ3v) is 7.39. The molecule has 7 nitrogen and oxygen atoms in total. The smallest absolute Gasteiger partial charge is 0.248 e. The molecule has 1 amide bonds. The van der Waals surface area contributed by atoms with E-state index >= 15 is 0 Å². The van der Waals surface area contributed by atoms with Gasteiger partial charge in [0.15, 0.2) is 0 Å². The van der Waals surface area contributed by atoms with Crippen molar-refractivity contribution in [3.8, 4) is 11.9 Å². The van der Waals surface area contributed by atoms with E-state index in [9.17, 15) is 9.18 Å². The number of pyridine rings is 1. The number of thiazole rings is 1. The number of fused-ring (bicyclic) bond motifs is 1. The summed E-state index contributed by atoms with van der Waals surface area (Å²) in [6.07, 6.45) is 1.94. The number of amides is 1. The van der Waals surface area contributed by atoms with Gasteiger partial charge in [-0.05, 0) is 62.3 Å². The molecule has 9 heteroatoms. The number of nitrogens with zero attached hydrogens (tertiary/aromatic N) is 4. The minimum absolute atomic E-state index is 0.0511. The summed E-state index contributed by atoms with van der Waals surface area (Å²) in [5.41, 5.74) is 8.42. The number of halogens is 1. The monoisotopic (exact) mass is 501 g/mol. The van der Waals surface area contributed by atoms with Crippen molar-refractivity contribution >= 4 is 27.5 Å². The molecule has 4 aromatic rings. The van der Waals surface area contributed by atoms with Crippen LogP contribution in [-0.2, 0) is 13.2 Å². The summed E-state index contributed by atoms with van der Waals surface area (Å²) in [5.74, 6) is -0.106. The van der Waals surface area contributed by atoms with Gasteiger partial charge in [0.2, 0.25) is 11.8 Å². The zero-order valence-electron chi connectivity index (χ0n) is 19.5. The second-order valence-corrected chi connectivity index (χ2v) is 9.93. The highest BCUT2D eigenvalue weighted by Gasteiger charge is 2.23.